The molecule has 26 heavy (non-hydrogen) atoms. The highest BCUT2D eigenvalue weighted by atomic mass is 35.5. The molecule has 1 aromatic heterocycles. The predicted octanol–water partition coefficient (Wildman–Crippen LogP) is 6.35. The molecule has 1 aromatic carbocycles. The van der Waals surface area contributed by atoms with Crippen LogP contribution in [0.15, 0.2) is 48.7 Å². The molecule has 1 aliphatic rings. The third-order valence-corrected chi connectivity index (χ3v) is 5.09. The molecule has 0 N–H and O–H groups in total. The van der Waals surface area contributed by atoms with Gasteiger partial charge in [-0.2, -0.15) is 0 Å². The predicted molar refractivity (Wildman–Crippen MR) is 110 cm³/mol. The van der Waals surface area contributed by atoms with E-state index in [0.29, 0.717) is 16.5 Å². The van der Waals surface area contributed by atoms with Crippen LogP contribution in [0.3, 0.4) is 0 Å². The minimum Gasteiger partial charge on any atom is -0.295 e. The Morgan fingerprint density at radius 3 is 2.50 bits per heavy atom. The second kappa shape index (κ2) is 6.85. The average molecular weight is 366 g/mol. The van der Waals surface area contributed by atoms with Crippen molar-refractivity contribution in [1.29, 1.82) is 0 Å². The monoisotopic (exact) mass is 365 g/mol. The van der Waals surface area contributed by atoms with Crippen molar-refractivity contribution in [3.8, 4) is 0 Å². The van der Waals surface area contributed by atoms with Gasteiger partial charge in [-0.25, -0.2) is 0 Å². The van der Waals surface area contributed by atoms with E-state index in [0.717, 1.165) is 16.8 Å². The molecule has 2 nitrogen and oxygen atoms in total. The van der Waals surface area contributed by atoms with Crippen molar-refractivity contribution in [2.45, 2.75) is 40.0 Å². The molecule has 0 radical (unpaired) electrons. The number of hydrogen-bond donors (Lipinski definition) is 0. The Balaban J connectivity index is 1.98. The summed E-state index contributed by atoms with van der Waals surface area (Å²) in [6, 6.07) is 9.77. The summed E-state index contributed by atoms with van der Waals surface area (Å²) >= 11 is 6.45. The first-order valence-corrected chi connectivity index (χ1v) is 9.26. The molecule has 0 bridgehead atoms. The zero-order valence-electron chi connectivity index (χ0n) is 15.9. The van der Waals surface area contributed by atoms with Crippen LogP contribution < -0.4 is 0 Å². The fourth-order valence-electron chi connectivity index (χ4n) is 3.21. The molecule has 0 saturated heterocycles. The summed E-state index contributed by atoms with van der Waals surface area (Å²) in [5, 5.41) is 0.610. The number of nitrogens with zero attached hydrogens (tertiary/aromatic N) is 1. The van der Waals surface area contributed by atoms with E-state index in [4.69, 9.17) is 11.6 Å². The Kier molecular flexibility index (Phi) is 4.90. The highest BCUT2D eigenvalue weighted by molar-refractivity contribution is 6.33. The third kappa shape index (κ3) is 3.66. The number of halogens is 1. The van der Waals surface area contributed by atoms with Crippen molar-refractivity contribution < 1.29 is 4.79 Å². The van der Waals surface area contributed by atoms with Gasteiger partial charge in [-0.3, -0.25) is 9.78 Å². The number of rotatable bonds is 3. The van der Waals surface area contributed by atoms with Gasteiger partial charge in [0.1, 0.15) is 0 Å². The van der Waals surface area contributed by atoms with E-state index >= 15 is 0 Å². The molecule has 2 aromatic rings. The van der Waals surface area contributed by atoms with Crippen LogP contribution in [-0.2, 0) is 5.41 Å². The van der Waals surface area contributed by atoms with E-state index in [1.54, 1.807) is 13.0 Å². The second-order valence-corrected chi connectivity index (χ2v) is 8.35. The molecule has 3 rings (SSSR count). The van der Waals surface area contributed by atoms with Gasteiger partial charge in [0, 0.05) is 39.4 Å². The lowest BCUT2D eigenvalue weighted by Crippen LogP contribution is -2.13. The van der Waals surface area contributed by atoms with E-state index in [1.807, 2.05) is 18.3 Å². The molecule has 134 valence electrons. The van der Waals surface area contributed by atoms with Gasteiger partial charge < -0.3 is 0 Å². The van der Waals surface area contributed by atoms with E-state index < -0.39 is 0 Å². The number of allylic oxidation sites excluding steroid dienone is 4. The highest BCUT2D eigenvalue weighted by Crippen LogP contribution is 2.39. The minimum atomic E-state index is 0.0144. The largest absolute Gasteiger partial charge is 0.295 e. The summed E-state index contributed by atoms with van der Waals surface area (Å²) in [5.41, 5.74) is 6.25. The van der Waals surface area contributed by atoms with Crippen LogP contribution in [-0.4, -0.2) is 10.8 Å². The number of benzene rings is 1. The lowest BCUT2D eigenvalue weighted by atomic mass is 9.88. The Morgan fingerprint density at radius 2 is 1.88 bits per heavy atom. The van der Waals surface area contributed by atoms with Crippen molar-refractivity contribution in [2.24, 2.45) is 5.92 Å². The van der Waals surface area contributed by atoms with Crippen molar-refractivity contribution in [3.05, 3.63) is 76.1 Å². The number of carbonyl (C=O) groups is 1. The first-order valence-electron chi connectivity index (χ1n) is 8.88. The average Bonchev–Trinajstić information content (AvgIpc) is 2.95. The molecular weight excluding hydrogens is 342 g/mol. The summed E-state index contributed by atoms with van der Waals surface area (Å²) in [6.07, 6.45) is 6.30. The van der Waals surface area contributed by atoms with E-state index in [1.165, 1.54) is 11.1 Å². The molecule has 0 aliphatic heterocycles. The van der Waals surface area contributed by atoms with Crippen LogP contribution in [0, 0.1) is 5.92 Å². The minimum absolute atomic E-state index is 0.0144. The maximum atomic E-state index is 11.5. The molecule has 0 spiro atoms. The lowest BCUT2D eigenvalue weighted by Gasteiger charge is -2.19. The molecular formula is C23H24ClNO. The highest BCUT2D eigenvalue weighted by Gasteiger charge is 2.21. The lowest BCUT2D eigenvalue weighted by molar-refractivity contribution is 0.101. The summed E-state index contributed by atoms with van der Waals surface area (Å²) in [4.78, 5) is 16.1. The molecule has 0 fully saturated rings. The van der Waals surface area contributed by atoms with E-state index in [9.17, 15) is 4.79 Å². The van der Waals surface area contributed by atoms with Gasteiger partial charge in [-0.05, 0) is 41.8 Å². The fourth-order valence-corrected chi connectivity index (χ4v) is 3.50. The molecule has 0 saturated carbocycles. The van der Waals surface area contributed by atoms with Gasteiger partial charge in [0.25, 0.3) is 0 Å². The van der Waals surface area contributed by atoms with Crippen molar-refractivity contribution >= 4 is 28.5 Å². The number of Topliss-reactive ketones (excluding diaryl/α,β-unsaturated/α-hetero) is 1. The molecule has 3 heteroatoms. The Labute approximate surface area is 160 Å². The Morgan fingerprint density at radius 1 is 1.15 bits per heavy atom. The maximum Gasteiger partial charge on any atom is 0.159 e. The van der Waals surface area contributed by atoms with Crippen LogP contribution in [0.4, 0.5) is 0 Å². The number of aromatic nitrogens is 1. The first-order chi connectivity index (χ1) is 12.2. The Hall–Kier alpha value is -2.19. The maximum absolute atomic E-state index is 11.5. The van der Waals surface area contributed by atoms with Crippen LogP contribution in [0.1, 0.15) is 61.8 Å². The smallest absolute Gasteiger partial charge is 0.159 e. The standard InChI is InChI=1S/C23H24ClNO/c1-14-10-18(19-7-6-16(15(2)26)12-21(19)24)11-20(14)17-8-9-25-22(13-17)23(3,4)5/h6-14H,1-5H3. The number of carbonyl (C=O) groups excluding carboxylic acids is 1. The van der Waals surface area contributed by atoms with Gasteiger partial charge in [-0.1, -0.05) is 63.6 Å². The SMILES string of the molecule is CC(=O)c1ccc(C2=CC(C)C(c3ccnc(C(C)(C)C)c3)=C2)c(Cl)c1. The summed E-state index contributed by atoms with van der Waals surface area (Å²) in [6.45, 7) is 10.3. The van der Waals surface area contributed by atoms with Gasteiger partial charge in [0.15, 0.2) is 5.78 Å². The number of ketones is 1. The van der Waals surface area contributed by atoms with Crippen molar-refractivity contribution in [1.82, 2.24) is 4.98 Å². The summed E-state index contributed by atoms with van der Waals surface area (Å²) < 4.78 is 0. The van der Waals surface area contributed by atoms with Gasteiger partial charge in [0.2, 0.25) is 0 Å². The molecule has 1 aliphatic carbocycles. The quantitative estimate of drug-likeness (QED) is 0.593. The van der Waals surface area contributed by atoms with Gasteiger partial charge >= 0.3 is 0 Å². The zero-order valence-corrected chi connectivity index (χ0v) is 16.7. The molecule has 1 unspecified atom stereocenters. The molecule has 1 atom stereocenters. The van der Waals surface area contributed by atoms with Gasteiger partial charge in [-0.15, -0.1) is 0 Å². The van der Waals surface area contributed by atoms with Crippen molar-refractivity contribution in [3.63, 3.8) is 0 Å². The first kappa shape index (κ1) is 18.6. The van der Waals surface area contributed by atoms with Crippen LogP contribution in [0.2, 0.25) is 5.02 Å². The van der Waals surface area contributed by atoms with Crippen molar-refractivity contribution in [2.75, 3.05) is 0 Å². The normalized spacial score (nSPS) is 17.1. The molecule has 1 heterocycles. The summed E-state index contributed by atoms with van der Waals surface area (Å²) in [7, 11) is 0. The molecule has 0 amide bonds. The summed E-state index contributed by atoms with van der Waals surface area (Å²) in [5.74, 6) is 0.318. The van der Waals surface area contributed by atoms with Crippen LogP contribution in [0.5, 0.6) is 0 Å². The zero-order chi connectivity index (χ0) is 19.1. The number of pyridine rings is 1. The second-order valence-electron chi connectivity index (χ2n) is 7.94. The number of hydrogen-bond acceptors (Lipinski definition) is 2. The van der Waals surface area contributed by atoms with Crippen LogP contribution in [0.25, 0.3) is 11.1 Å². The van der Waals surface area contributed by atoms with E-state index in [2.05, 4.69) is 57.0 Å². The van der Waals surface area contributed by atoms with Crippen LogP contribution >= 0.6 is 11.6 Å². The third-order valence-electron chi connectivity index (χ3n) is 4.78. The topological polar surface area (TPSA) is 30.0 Å². The Bertz CT molecular complexity index is 931. The fraction of sp³-hybridized carbons (Fsp3) is 0.304. The van der Waals surface area contributed by atoms with Gasteiger partial charge in [0.05, 0.1) is 0 Å². The van der Waals surface area contributed by atoms with E-state index in [-0.39, 0.29) is 11.2 Å².